The van der Waals surface area contributed by atoms with Crippen molar-refractivity contribution >= 4 is 33.2 Å². The number of carbonyl (C=O) groups excluding carboxylic acids is 1. The molecule has 0 aliphatic heterocycles. The molecule has 8 heteroatoms. The van der Waals surface area contributed by atoms with Crippen LogP contribution in [-0.4, -0.2) is 20.9 Å². The minimum Gasteiger partial charge on any atom is -0.488 e. The van der Waals surface area contributed by atoms with E-state index in [0.29, 0.717) is 27.6 Å². The molecule has 6 nitrogen and oxygen atoms in total. The predicted molar refractivity (Wildman–Crippen MR) is 127 cm³/mol. The van der Waals surface area contributed by atoms with Gasteiger partial charge in [0.2, 0.25) is 10.0 Å². The second-order valence-electron chi connectivity index (χ2n) is 6.92. The highest BCUT2D eigenvalue weighted by atomic mass is 35.5. The summed E-state index contributed by atoms with van der Waals surface area (Å²) in [6, 6.07) is 20.9. The van der Waals surface area contributed by atoms with E-state index in [1.165, 1.54) is 6.08 Å². The van der Waals surface area contributed by atoms with Crippen molar-refractivity contribution < 1.29 is 17.9 Å². The van der Waals surface area contributed by atoms with Crippen molar-refractivity contribution in [3.05, 3.63) is 107 Å². The summed E-state index contributed by atoms with van der Waals surface area (Å²) in [7, 11) is -3.45. The molecule has 0 aliphatic carbocycles. The van der Waals surface area contributed by atoms with Crippen molar-refractivity contribution in [3.63, 3.8) is 0 Å². The monoisotopic (exact) mass is 470 g/mol. The first-order chi connectivity index (χ1) is 15.4. The maximum atomic E-state index is 12.8. The molecular weight excluding hydrogens is 448 g/mol. The van der Waals surface area contributed by atoms with Gasteiger partial charge in [0, 0.05) is 22.8 Å². The topological polar surface area (TPSA) is 84.5 Å². The van der Waals surface area contributed by atoms with Crippen LogP contribution in [0.4, 0.5) is 5.69 Å². The third kappa shape index (κ3) is 6.68. The Balaban J connectivity index is 1.66. The largest absolute Gasteiger partial charge is 0.488 e. The molecule has 0 fully saturated rings. The molecule has 2 N–H and O–H groups in total. The van der Waals surface area contributed by atoms with Gasteiger partial charge in [0.25, 0.3) is 5.91 Å². The lowest BCUT2D eigenvalue weighted by Crippen LogP contribution is -2.25. The zero-order valence-corrected chi connectivity index (χ0v) is 18.8. The van der Waals surface area contributed by atoms with Crippen LogP contribution in [0.2, 0.25) is 5.02 Å². The molecule has 3 rings (SSSR count). The Morgan fingerprint density at radius 3 is 2.41 bits per heavy atom. The number of hydrogen-bond acceptors (Lipinski definition) is 4. The lowest BCUT2D eigenvalue weighted by Gasteiger charge is -2.13. The number of halogens is 1. The zero-order chi connectivity index (χ0) is 23.0. The molecule has 0 saturated carbocycles. The summed E-state index contributed by atoms with van der Waals surface area (Å²) in [5.74, 6) is -0.0675. The molecule has 0 unspecified atom stereocenters. The van der Waals surface area contributed by atoms with Crippen LogP contribution in [0.15, 0.2) is 85.5 Å². The van der Waals surface area contributed by atoms with Crippen LogP contribution < -0.4 is 14.8 Å². The van der Waals surface area contributed by atoms with E-state index >= 15 is 0 Å². The first kappa shape index (κ1) is 23.5. The molecule has 166 valence electrons. The summed E-state index contributed by atoms with van der Waals surface area (Å²) in [4.78, 5) is 12.8. The number of para-hydroxylation sites is 1. The van der Waals surface area contributed by atoms with Crippen molar-refractivity contribution in [3.8, 4) is 5.75 Å². The molecule has 0 bridgehead atoms. The number of ether oxygens (including phenoxy) is 1. The Bertz CT molecular complexity index is 1190. The number of amides is 1. The van der Waals surface area contributed by atoms with Crippen molar-refractivity contribution in [2.24, 2.45) is 0 Å². The molecule has 0 atom stereocenters. The van der Waals surface area contributed by atoms with E-state index in [-0.39, 0.29) is 24.8 Å². The normalized spacial score (nSPS) is 11.0. The van der Waals surface area contributed by atoms with E-state index in [1.54, 1.807) is 54.6 Å². The first-order valence-corrected chi connectivity index (χ1v) is 11.8. The van der Waals surface area contributed by atoms with E-state index < -0.39 is 10.0 Å². The maximum Gasteiger partial charge on any atom is 0.259 e. The fourth-order valence-corrected chi connectivity index (χ4v) is 4.19. The lowest BCUT2D eigenvalue weighted by atomic mass is 10.1. The summed E-state index contributed by atoms with van der Waals surface area (Å²) in [5.41, 5.74) is 2.33. The van der Waals surface area contributed by atoms with Gasteiger partial charge in [-0.25, -0.2) is 13.1 Å². The number of hydrogen-bond donors (Lipinski definition) is 2. The fourth-order valence-electron chi connectivity index (χ4n) is 2.89. The molecule has 0 aromatic heterocycles. The molecule has 0 heterocycles. The van der Waals surface area contributed by atoms with Crippen LogP contribution in [0, 0.1) is 0 Å². The first-order valence-electron chi connectivity index (χ1n) is 9.82. The van der Waals surface area contributed by atoms with Crippen LogP contribution >= 0.6 is 11.6 Å². The zero-order valence-electron chi connectivity index (χ0n) is 17.3. The second kappa shape index (κ2) is 10.9. The van der Waals surface area contributed by atoms with Gasteiger partial charge in [0.1, 0.15) is 12.4 Å². The molecule has 32 heavy (non-hydrogen) atoms. The average Bonchev–Trinajstić information content (AvgIpc) is 2.78. The SMILES string of the molecule is C=CCNS(=O)(=O)Cc1ccc(NC(=O)c2ccccc2OCc2ccccc2Cl)cc1. The molecule has 3 aromatic carbocycles. The van der Waals surface area contributed by atoms with Gasteiger partial charge < -0.3 is 10.1 Å². The number of nitrogens with one attached hydrogen (secondary N) is 2. The Hall–Kier alpha value is -3.13. The summed E-state index contributed by atoms with van der Waals surface area (Å²) in [6.07, 6.45) is 1.48. The quantitative estimate of drug-likeness (QED) is 0.418. The van der Waals surface area contributed by atoms with Crippen molar-refractivity contribution in [2.45, 2.75) is 12.4 Å². The summed E-state index contributed by atoms with van der Waals surface area (Å²) >= 11 is 6.17. The number of carbonyl (C=O) groups is 1. The van der Waals surface area contributed by atoms with Gasteiger partial charge in [-0.05, 0) is 35.9 Å². The molecule has 0 spiro atoms. The highest BCUT2D eigenvalue weighted by Gasteiger charge is 2.14. The fraction of sp³-hybridized carbons (Fsp3) is 0.125. The van der Waals surface area contributed by atoms with Crippen molar-refractivity contribution in [2.75, 3.05) is 11.9 Å². The van der Waals surface area contributed by atoms with E-state index in [9.17, 15) is 13.2 Å². The van der Waals surface area contributed by atoms with E-state index in [2.05, 4.69) is 16.6 Å². The molecule has 0 radical (unpaired) electrons. The number of rotatable bonds is 10. The number of sulfonamides is 1. The van der Waals surface area contributed by atoms with Crippen molar-refractivity contribution in [1.29, 1.82) is 0 Å². The Kier molecular flexibility index (Phi) is 8.05. The van der Waals surface area contributed by atoms with Gasteiger partial charge in [0.05, 0.1) is 11.3 Å². The minimum atomic E-state index is -3.45. The van der Waals surface area contributed by atoms with E-state index in [1.807, 2.05) is 18.2 Å². The summed E-state index contributed by atoms with van der Waals surface area (Å²) in [5, 5.41) is 3.40. The highest BCUT2D eigenvalue weighted by molar-refractivity contribution is 7.88. The van der Waals surface area contributed by atoms with Gasteiger partial charge in [-0.15, -0.1) is 6.58 Å². The lowest BCUT2D eigenvalue weighted by molar-refractivity contribution is 0.102. The summed E-state index contributed by atoms with van der Waals surface area (Å²) < 4.78 is 32.2. The highest BCUT2D eigenvalue weighted by Crippen LogP contribution is 2.23. The third-order valence-electron chi connectivity index (χ3n) is 4.49. The molecule has 0 aliphatic rings. The molecule has 1 amide bonds. The van der Waals surface area contributed by atoms with Crippen LogP contribution in [0.1, 0.15) is 21.5 Å². The van der Waals surface area contributed by atoms with Crippen LogP contribution in [0.5, 0.6) is 5.75 Å². The summed E-state index contributed by atoms with van der Waals surface area (Å²) in [6.45, 7) is 3.89. The van der Waals surface area contributed by atoms with Crippen molar-refractivity contribution in [1.82, 2.24) is 4.72 Å². The number of anilines is 1. The number of benzene rings is 3. The predicted octanol–water partition coefficient (Wildman–Crippen LogP) is 4.78. The van der Waals surface area contributed by atoms with Crippen LogP contribution in [-0.2, 0) is 22.4 Å². The molecular formula is C24H23ClN2O4S. The minimum absolute atomic E-state index is 0.159. The van der Waals surface area contributed by atoms with Crippen LogP contribution in [0.25, 0.3) is 0 Å². The average molecular weight is 471 g/mol. The van der Waals surface area contributed by atoms with Gasteiger partial charge in [-0.2, -0.15) is 0 Å². The Morgan fingerprint density at radius 1 is 1.00 bits per heavy atom. The smallest absolute Gasteiger partial charge is 0.259 e. The maximum absolute atomic E-state index is 12.8. The molecule has 0 saturated heterocycles. The standard InChI is InChI=1S/C24H23ClN2O4S/c1-2-15-26-32(29,30)17-18-11-13-20(14-12-18)27-24(28)21-8-4-6-10-23(21)31-16-19-7-3-5-9-22(19)25/h2-14,26H,1,15-17H2,(H,27,28). The van der Waals surface area contributed by atoms with E-state index in [4.69, 9.17) is 16.3 Å². The van der Waals surface area contributed by atoms with Gasteiger partial charge in [-0.3, -0.25) is 4.79 Å². The van der Waals surface area contributed by atoms with Gasteiger partial charge in [-0.1, -0.05) is 60.1 Å². The van der Waals surface area contributed by atoms with Gasteiger partial charge in [0.15, 0.2) is 0 Å². The molecule has 3 aromatic rings. The Morgan fingerprint density at radius 2 is 1.69 bits per heavy atom. The second-order valence-corrected chi connectivity index (χ2v) is 9.14. The van der Waals surface area contributed by atoms with Crippen LogP contribution in [0.3, 0.4) is 0 Å². The Labute approximate surface area is 192 Å². The third-order valence-corrected chi connectivity index (χ3v) is 6.18. The van der Waals surface area contributed by atoms with Gasteiger partial charge >= 0.3 is 0 Å². The van der Waals surface area contributed by atoms with E-state index in [0.717, 1.165) is 5.56 Å².